The first-order chi connectivity index (χ1) is 6.70. The molecule has 0 aliphatic heterocycles. The first-order valence-electron chi connectivity index (χ1n) is 4.92. The molecular formula is C11H15BN2. The van der Waals surface area contributed by atoms with Crippen LogP contribution in [0.1, 0.15) is 0 Å². The highest BCUT2D eigenvalue weighted by atomic mass is 14.9. The zero-order valence-electron chi connectivity index (χ0n) is 8.94. The van der Waals surface area contributed by atoms with Crippen molar-refractivity contribution in [2.75, 3.05) is 0 Å². The second-order valence-electron chi connectivity index (χ2n) is 3.81. The summed E-state index contributed by atoms with van der Waals surface area (Å²) in [7, 11) is 4.18. The zero-order valence-corrected chi connectivity index (χ0v) is 8.94. The molecule has 0 fully saturated rings. The normalized spacial score (nSPS) is 10.5. The lowest BCUT2D eigenvalue weighted by atomic mass is 9.46. The Balaban J connectivity index is 2.38. The molecule has 0 unspecified atom stereocenters. The Labute approximate surface area is 85.2 Å². The molecule has 0 saturated heterocycles. The molecule has 2 rings (SSSR count). The van der Waals surface area contributed by atoms with Crippen molar-refractivity contribution >= 4 is 17.9 Å². The summed E-state index contributed by atoms with van der Waals surface area (Å²) in [6, 6.07) is 8.54. The van der Waals surface area contributed by atoms with Crippen LogP contribution in [0.3, 0.4) is 0 Å². The Morgan fingerprint density at radius 2 is 1.36 bits per heavy atom. The molecule has 0 N–H and O–H groups in total. The molecule has 0 aliphatic carbocycles. The zero-order chi connectivity index (χ0) is 10.1. The Kier molecular flexibility index (Phi) is 2.24. The van der Waals surface area contributed by atoms with Crippen molar-refractivity contribution in [1.29, 1.82) is 0 Å². The van der Waals surface area contributed by atoms with E-state index in [0.29, 0.717) is 6.71 Å². The highest BCUT2D eigenvalue weighted by Crippen LogP contribution is 1.92. The Hall–Kier alpha value is -1.38. The molecule has 14 heavy (non-hydrogen) atoms. The number of rotatable bonds is 2. The van der Waals surface area contributed by atoms with Crippen LogP contribution in [0, 0.1) is 0 Å². The van der Waals surface area contributed by atoms with Gasteiger partial charge in [-0.2, -0.15) is 0 Å². The molecule has 0 bridgehead atoms. The summed E-state index contributed by atoms with van der Waals surface area (Å²) in [5.41, 5.74) is 2.71. The van der Waals surface area contributed by atoms with Gasteiger partial charge in [0.1, 0.15) is 0 Å². The van der Waals surface area contributed by atoms with Crippen LogP contribution in [-0.2, 0) is 14.1 Å². The predicted molar refractivity (Wildman–Crippen MR) is 61.7 cm³/mol. The molecule has 2 aromatic heterocycles. The fraction of sp³-hybridized carbons (Fsp3) is 0.273. The van der Waals surface area contributed by atoms with E-state index in [4.69, 9.17) is 0 Å². The van der Waals surface area contributed by atoms with E-state index < -0.39 is 0 Å². The molecule has 2 heterocycles. The monoisotopic (exact) mass is 186 g/mol. The first-order valence-corrected chi connectivity index (χ1v) is 4.92. The highest BCUT2D eigenvalue weighted by Gasteiger charge is 2.17. The van der Waals surface area contributed by atoms with Crippen molar-refractivity contribution in [3.05, 3.63) is 36.7 Å². The van der Waals surface area contributed by atoms with Gasteiger partial charge in [0.2, 0.25) is 6.71 Å². The van der Waals surface area contributed by atoms with Gasteiger partial charge < -0.3 is 9.13 Å². The van der Waals surface area contributed by atoms with Gasteiger partial charge in [-0.25, -0.2) is 0 Å². The van der Waals surface area contributed by atoms with E-state index in [9.17, 15) is 0 Å². The number of hydrogen-bond donors (Lipinski definition) is 0. The average molecular weight is 186 g/mol. The van der Waals surface area contributed by atoms with Gasteiger partial charge in [0.15, 0.2) is 0 Å². The van der Waals surface area contributed by atoms with Gasteiger partial charge in [-0.05, 0) is 23.3 Å². The van der Waals surface area contributed by atoms with Crippen LogP contribution in [0.15, 0.2) is 36.7 Å². The van der Waals surface area contributed by atoms with E-state index in [2.05, 4.69) is 66.7 Å². The lowest BCUT2D eigenvalue weighted by molar-refractivity contribution is 0.944. The minimum Gasteiger partial charge on any atom is -0.362 e. The van der Waals surface area contributed by atoms with E-state index in [1.54, 1.807) is 0 Å². The molecule has 0 spiro atoms. The Bertz CT molecular complexity index is 388. The third-order valence-corrected chi connectivity index (χ3v) is 2.86. The highest BCUT2D eigenvalue weighted by molar-refractivity contribution is 6.83. The van der Waals surface area contributed by atoms with Gasteiger partial charge in [-0.15, -0.1) is 0 Å². The maximum absolute atomic E-state index is 2.24. The van der Waals surface area contributed by atoms with Gasteiger partial charge in [0, 0.05) is 26.5 Å². The summed E-state index contributed by atoms with van der Waals surface area (Å²) in [4.78, 5) is 0. The molecule has 2 nitrogen and oxygen atoms in total. The summed E-state index contributed by atoms with van der Waals surface area (Å²) < 4.78 is 4.36. The second-order valence-corrected chi connectivity index (χ2v) is 3.81. The number of nitrogens with zero attached hydrogens (tertiary/aromatic N) is 2. The molecule has 0 aromatic carbocycles. The van der Waals surface area contributed by atoms with Crippen molar-refractivity contribution in [1.82, 2.24) is 9.13 Å². The largest absolute Gasteiger partial charge is 0.362 e. The van der Waals surface area contributed by atoms with Crippen LogP contribution in [0.5, 0.6) is 0 Å². The lowest BCUT2D eigenvalue weighted by Gasteiger charge is -2.11. The van der Waals surface area contributed by atoms with E-state index in [0.717, 1.165) is 0 Å². The van der Waals surface area contributed by atoms with Gasteiger partial charge in [0.05, 0.1) is 0 Å². The molecule has 72 valence electrons. The lowest BCUT2D eigenvalue weighted by Crippen LogP contribution is -2.45. The number of aryl methyl sites for hydroxylation is 2. The fourth-order valence-electron chi connectivity index (χ4n) is 2.00. The average Bonchev–Trinajstić information content (AvgIpc) is 2.73. The van der Waals surface area contributed by atoms with Crippen molar-refractivity contribution in [3.8, 4) is 0 Å². The maximum atomic E-state index is 2.24. The van der Waals surface area contributed by atoms with Crippen LogP contribution in [-0.4, -0.2) is 15.8 Å². The fourth-order valence-corrected chi connectivity index (χ4v) is 2.00. The Morgan fingerprint density at radius 1 is 0.929 bits per heavy atom. The quantitative estimate of drug-likeness (QED) is 0.608. The van der Waals surface area contributed by atoms with Crippen LogP contribution in [0.25, 0.3) is 0 Å². The summed E-state index contributed by atoms with van der Waals surface area (Å²) in [6.45, 7) is 2.69. The predicted octanol–water partition coefficient (Wildman–Crippen LogP) is 0.602. The summed E-state index contributed by atoms with van der Waals surface area (Å²) in [5.74, 6) is 0. The smallest absolute Gasteiger partial charge is 0.248 e. The van der Waals surface area contributed by atoms with Gasteiger partial charge >= 0.3 is 0 Å². The molecule has 3 heteroatoms. The standard InChI is InChI=1S/C11H15BN2/c1-12(10-6-4-8-13(10)2)11-7-5-9-14(11)3/h4-9H,1-3H3. The second kappa shape index (κ2) is 3.41. The summed E-state index contributed by atoms with van der Waals surface area (Å²) in [6.07, 6.45) is 4.18. The molecule has 0 aliphatic rings. The van der Waals surface area contributed by atoms with E-state index in [1.807, 2.05) is 0 Å². The van der Waals surface area contributed by atoms with Crippen molar-refractivity contribution < 1.29 is 0 Å². The third-order valence-electron chi connectivity index (χ3n) is 2.86. The van der Waals surface area contributed by atoms with Gasteiger partial charge in [-0.1, -0.05) is 19.0 Å². The maximum Gasteiger partial charge on any atom is 0.248 e. The van der Waals surface area contributed by atoms with Crippen LogP contribution < -0.4 is 11.2 Å². The number of aromatic nitrogens is 2. The Morgan fingerprint density at radius 3 is 1.64 bits per heavy atom. The summed E-state index contributed by atoms with van der Waals surface area (Å²) in [5, 5.41) is 0. The van der Waals surface area contributed by atoms with Crippen LogP contribution >= 0.6 is 0 Å². The van der Waals surface area contributed by atoms with Crippen molar-refractivity contribution in [2.24, 2.45) is 14.1 Å². The minimum atomic E-state index is 0.454. The topological polar surface area (TPSA) is 9.86 Å². The van der Waals surface area contributed by atoms with Crippen LogP contribution in [0.2, 0.25) is 6.82 Å². The number of hydrogen-bond acceptors (Lipinski definition) is 0. The molecule has 0 radical (unpaired) electrons. The van der Waals surface area contributed by atoms with E-state index >= 15 is 0 Å². The first kappa shape index (κ1) is 9.19. The van der Waals surface area contributed by atoms with E-state index in [1.165, 1.54) is 11.2 Å². The molecule has 2 aromatic rings. The third kappa shape index (κ3) is 1.39. The SMILES string of the molecule is CB(c1cccn1C)c1cccn1C. The minimum absolute atomic E-state index is 0.454. The van der Waals surface area contributed by atoms with E-state index in [-0.39, 0.29) is 0 Å². The van der Waals surface area contributed by atoms with Crippen molar-refractivity contribution in [2.45, 2.75) is 6.82 Å². The van der Waals surface area contributed by atoms with Crippen LogP contribution in [0.4, 0.5) is 0 Å². The molecule has 0 amide bonds. The van der Waals surface area contributed by atoms with Crippen molar-refractivity contribution in [3.63, 3.8) is 0 Å². The molecular weight excluding hydrogens is 171 g/mol. The summed E-state index contributed by atoms with van der Waals surface area (Å²) >= 11 is 0. The van der Waals surface area contributed by atoms with Gasteiger partial charge in [-0.3, -0.25) is 0 Å². The molecule has 0 atom stereocenters. The molecule has 0 saturated carbocycles. The van der Waals surface area contributed by atoms with Gasteiger partial charge in [0.25, 0.3) is 0 Å².